The van der Waals surface area contributed by atoms with Gasteiger partial charge >= 0.3 is 0 Å². The summed E-state index contributed by atoms with van der Waals surface area (Å²) in [4.78, 5) is 17.9. The zero-order chi connectivity index (χ0) is 20.9. The Hall–Kier alpha value is -3.86. The molecule has 5 nitrogen and oxygen atoms in total. The van der Waals surface area contributed by atoms with Gasteiger partial charge in [-0.3, -0.25) is 4.79 Å². The number of nitrogens with zero attached hydrogens (tertiary/aromatic N) is 1. The lowest BCUT2D eigenvalue weighted by Crippen LogP contribution is -2.27. The Labute approximate surface area is 175 Å². The van der Waals surface area contributed by atoms with Crippen molar-refractivity contribution in [1.82, 2.24) is 10.3 Å². The molecule has 5 heteroatoms. The monoisotopic (exact) mass is 397 g/mol. The summed E-state index contributed by atoms with van der Waals surface area (Å²) in [5.41, 5.74) is 3.15. The SMILES string of the molecule is COc1ccccc1Nc1cc(C(=O)NC(C)c2ccccc2)c2ccccc2n1. The van der Waals surface area contributed by atoms with Crippen LogP contribution in [0.25, 0.3) is 10.9 Å². The Bertz CT molecular complexity index is 1180. The summed E-state index contributed by atoms with van der Waals surface area (Å²) in [5, 5.41) is 7.19. The van der Waals surface area contributed by atoms with Crippen LogP contribution in [-0.2, 0) is 0 Å². The van der Waals surface area contributed by atoms with Crippen LogP contribution in [0.3, 0.4) is 0 Å². The van der Waals surface area contributed by atoms with Gasteiger partial charge in [0.1, 0.15) is 11.6 Å². The molecule has 0 bridgehead atoms. The van der Waals surface area contributed by atoms with Gasteiger partial charge in [0.15, 0.2) is 0 Å². The third-order valence-corrected chi connectivity index (χ3v) is 4.98. The average Bonchev–Trinajstić information content (AvgIpc) is 2.79. The number of rotatable bonds is 6. The molecule has 1 amide bonds. The minimum atomic E-state index is -0.145. The molecule has 0 aliphatic carbocycles. The molecular formula is C25H23N3O2. The number of fused-ring (bicyclic) bond motifs is 1. The van der Waals surface area contributed by atoms with Gasteiger partial charge in [0, 0.05) is 5.39 Å². The largest absolute Gasteiger partial charge is 0.495 e. The van der Waals surface area contributed by atoms with Crippen LogP contribution in [0.1, 0.15) is 28.9 Å². The number of carbonyl (C=O) groups excluding carboxylic acids is 1. The summed E-state index contributed by atoms with van der Waals surface area (Å²) in [7, 11) is 1.62. The number of nitrogens with one attached hydrogen (secondary N) is 2. The molecule has 150 valence electrons. The number of pyridine rings is 1. The van der Waals surface area contributed by atoms with Crippen LogP contribution < -0.4 is 15.4 Å². The van der Waals surface area contributed by atoms with Gasteiger partial charge in [-0.1, -0.05) is 60.7 Å². The Kier molecular flexibility index (Phi) is 5.61. The fraction of sp³-hybridized carbons (Fsp3) is 0.120. The first-order valence-electron chi connectivity index (χ1n) is 9.81. The Morgan fingerprint density at radius 3 is 2.43 bits per heavy atom. The second-order valence-corrected chi connectivity index (χ2v) is 7.00. The fourth-order valence-electron chi connectivity index (χ4n) is 3.41. The minimum Gasteiger partial charge on any atom is -0.495 e. The first-order chi connectivity index (χ1) is 14.7. The normalized spacial score (nSPS) is 11.7. The van der Waals surface area contributed by atoms with E-state index in [1.165, 1.54) is 0 Å². The molecule has 0 saturated heterocycles. The first kappa shape index (κ1) is 19.5. The van der Waals surface area contributed by atoms with E-state index in [0.29, 0.717) is 17.1 Å². The van der Waals surface area contributed by atoms with Gasteiger partial charge in [0.25, 0.3) is 5.91 Å². The lowest BCUT2D eigenvalue weighted by Gasteiger charge is -2.16. The van der Waals surface area contributed by atoms with Crippen LogP contribution >= 0.6 is 0 Å². The molecule has 4 aromatic rings. The second-order valence-electron chi connectivity index (χ2n) is 7.00. The first-order valence-corrected chi connectivity index (χ1v) is 9.81. The van der Waals surface area contributed by atoms with Crippen LogP contribution in [0.2, 0.25) is 0 Å². The van der Waals surface area contributed by atoms with E-state index in [1.807, 2.05) is 85.8 Å². The summed E-state index contributed by atoms with van der Waals surface area (Å²) in [6.45, 7) is 1.98. The van der Waals surface area contributed by atoms with Gasteiger partial charge in [0.05, 0.1) is 29.9 Å². The van der Waals surface area contributed by atoms with E-state index >= 15 is 0 Å². The molecular weight excluding hydrogens is 374 g/mol. The van der Waals surface area contributed by atoms with Gasteiger partial charge in [0.2, 0.25) is 0 Å². The van der Waals surface area contributed by atoms with Crippen molar-refractivity contribution < 1.29 is 9.53 Å². The lowest BCUT2D eigenvalue weighted by atomic mass is 10.1. The molecule has 0 aliphatic heterocycles. The van der Waals surface area contributed by atoms with E-state index in [0.717, 1.165) is 22.2 Å². The second kappa shape index (κ2) is 8.66. The highest BCUT2D eigenvalue weighted by atomic mass is 16.5. The number of benzene rings is 3. The third-order valence-electron chi connectivity index (χ3n) is 4.98. The Morgan fingerprint density at radius 2 is 1.63 bits per heavy atom. The zero-order valence-corrected chi connectivity index (χ0v) is 16.9. The van der Waals surface area contributed by atoms with Crippen molar-refractivity contribution >= 4 is 28.3 Å². The quantitative estimate of drug-likeness (QED) is 0.452. The van der Waals surface area contributed by atoms with Crippen LogP contribution in [0.5, 0.6) is 5.75 Å². The van der Waals surface area contributed by atoms with Gasteiger partial charge in [-0.15, -0.1) is 0 Å². The highest BCUT2D eigenvalue weighted by Crippen LogP contribution is 2.29. The molecule has 1 aromatic heterocycles. The number of ether oxygens (including phenoxy) is 1. The summed E-state index contributed by atoms with van der Waals surface area (Å²) in [6.07, 6.45) is 0. The fourth-order valence-corrected chi connectivity index (χ4v) is 3.41. The van der Waals surface area contributed by atoms with Gasteiger partial charge in [-0.25, -0.2) is 4.98 Å². The van der Waals surface area contributed by atoms with Crippen LogP contribution in [-0.4, -0.2) is 18.0 Å². The Balaban J connectivity index is 1.69. The number of hydrogen-bond donors (Lipinski definition) is 2. The van der Waals surface area contributed by atoms with Crippen molar-refractivity contribution in [2.75, 3.05) is 12.4 Å². The standard InChI is InChI=1S/C25H23N3O2/c1-17(18-10-4-3-5-11-18)26-25(29)20-16-24(27-21-13-7-6-12-19(20)21)28-22-14-8-9-15-23(22)30-2/h3-17H,1-2H3,(H,26,29)(H,27,28). The number of hydrogen-bond acceptors (Lipinski definition) is 4. The van der Waals surface area contributed by atoms with E-state index < -0.39 is 0 Å². The molecule has 1 atom stereocenters. The van der Waals surface area contributed by atoms with Crippen LogP contribution in [0.4, 0.5) is 11.5 Å². The molecule has 0 saturated carbocycles. The van der Waals surface area contributed by atoms with Crippen molar-refractivity contribution in [3.05, 3.63) is 96.1 Å². The van der Waals surface area contributed by atoms with Crippen molar-refractivity contribution in [2.45, 2.75) is 13.0 Å². The third kappa shape index (κ3) is 4.10. The van der Waals surface area contributed by atoms with E-state index in [9.17, 15) is 4.79 Å². The van der Waals surface area contributed by atoms with E-state index in [-0.39, 0.29) is 11.9 Å². The van der Waals surface area contributed by atoms with Crippen LogP contribution in [0.15, 0.2) is 84.9 Å². The summed E-state index contributed by atoms with van der Waals surface area (Å²) in [6, 6.07) is 26.8. The van der Waals surface area contributed by atoms with E-state index in [2.05, 4.69) is 15.6 Å². The number of para-hydroxylation sites is 3. The molecule has 30 heavy (non-hydrogen) atoms. The lowest BCUT2D eigenvalue weighted by molar-refractivity contribution is 0.0941. The molecule has 2 N–H and O–H groups in total. The average molecular weight is 397 g/mol. The van der Waals surface area contributed by atoms with E-state index in [1.54, 1.807) is 13.2 Å². The Morgan fingerprint density at radius 1 is 0.933 bits per heavy atom. The maximum atomic E-state index is 13.2. The van der Waals surface area contributed by atoms with Crippen molar-refractivity contribution in [1.29, 1.82) is 0 Å². The van der Waals surface area contributed by atoms with Crippen molar-refractivity contribution in [3.63, 3.8) is 0 Å². The van der Waals surface area contributed by atoms with Crippen molar-refractivity contribution in [2.24, 2.45) is 0 Å². The molecule has 1 heterocycles. The maximum Gasteiger partial charge on any atom is 0.252 e. The molecule has 4 rings (SSSR count). The molecule has 0 radical (unpaired) electrons. The summed E-state index contributed by atoms with van der Waals surface area (Å²) >= 11 is 0. The van der Waals surface area contributed by atoms with Gasteiger partial charge in [-0.2, -0.15) is 0 Å². The van der Waals surface area contributed by atoms with Crippen LogP contribution in [0, 0.1) is 0 Å². The topological polar surface area (TPSA) is 63.2 Å². The predicted octanol–water partition coefficient (Wildman–Crippen LogP) is 5.48. The highest BCUT2D eigenvalue weighted by Gasteiger charge is 2.16. The number of methoxy groups -OCH3 is 1. The number of amides is 1. The number of carbonyl (C=O) groups is 1. The maximum absolute atomic E-state index is 13.2. The smallest absolute Gasteiger partial charge is 0.252 e. The molecule has 0 aliphatic rings. The number of anilines is 2. The van der Waals surface area contributed by atoms with Gasteiger partial charge < -0.3 is 15.4 Å². The number of aromatic nitrogens is 1. The zero-order valence-electron chi connectivity index (χ0n) is 16.9. The minimum absolute atomic E-state index is 0.115. The van der Waals surface area contributed by atoms with Gasteiger partial charge in [-0.05, 0) is 36.8 Å². The highest BCUT2D eigenvalue weighted by molar-refractivity contribution is 6.07. The molecule has 1 unspecified atom stereocenters. The summed E-state index contributed by atoms with van der Waals surface area (Å²) < 4.78 is 5.41. The molecule has 3 aromatic carbocycles. The summed E-state index contributed by atoms with van der Waals surface area (Å²) in [5.74, 6) is 1.14. The predicted molar refractivity (Wildman–Crippen MR) is 120 cm³/mol. The van der Waals surface area contributed by atoms with Crippen molar-refractivity contribution in [3.8, 4) is 5.75 Å². The molecule has 0 fully saturated rings. The molecule has 0 spiro atoms. The van der Waals surface area contributed by atoms with E-state index in [4.69, 9.17) is 4.74 Å².